The van der Waals surface area contributed by atoms with E-state index in [1.165, 1.54) is 4.90 Å². The van der Waals surface area contributed by atoms with Crippen LogP contribution in [0.2, 0.25) is 0 Å². The summed E-state index contributed by atoms with van der Waals surface area (Å²) in [6.07, 6.45) is 1.26. The molecule has 10 nitrogen and oxygen atoms in total. The summed E-state index contributed by atoms with van der Waals surface area (Å²) in [6.45, 7) is 6.35. The Hall–Kier alpha value is -4.18. The molecule has 0 aliphatic carbocycles. The van der Waals surface area contributed by atoms with E-state index in [-0.39, 0.29) is 12.3 Å². The summed E-state index contributed by atoms with van der Waals surface area (Å²) < 4.78 is 15.9. The van der Waals surface area contributed by atoms with Crippen molar-refractivity contribution in [3.63, 3.8) is 0 Å². The summed E-state index contributed by atoms with van der Waals surface area (Å²) in [5.74, 6) is 1.43. The van der Waals surface area contributed by atoms with E-state index in [9.17, 15) is 9.59 Å². The van der Waals surface area contributed by atoms with Gasteiger partial charge in [-0.3, -0.25) is 15.0 Å². The van der Waals surface area contributed by atoms with Gasteiger partial charge in [0.1, 0.15) is 23.8 Å². The fraction of sp³-hybridized carbons (Fsp3) is 0.308. The number of methoxy groups -OCH3 is 1. The van der Waals surface area contributed by atoms with Crippen LogP contribution < -0.4 is 20.3 Å². The van der Waals surface area contributed by atoms with Gasteiger partial charge in [0.15, 0.2) is 0 Å². The Morgan fingerprint density at radius 3 is 2.58 bits per heavy atom. The number of aromatic nitrogens is 2. The number of anilines is 5. The van der Waals surface area contributed by atoms with Crippen LogP contribution in [0.25, 0.3) is 0 Å². The number of carbonyl (C=O) groups is 2. The van der Waals surface area contributed by atoms with Crippen molar-refractivity contribution in [2.24, 2.45) is 0 Å². The highest BCUT2D eigenvalue weighted by atomic mass is 16.6. The van der Waals surface area contributed by atoms with Crippen LogP contribution >= 0.6 is 0 Å². The molecule has 0 saturated carbocycles. The lowest BCUT2D eigenvalue weighted by Crippen LogP contribution is -2.27. The SMILES string of the molecule is COCCOc1ccc(Nc2ncc3c(n2)N(c2cccc(NC(=O)OC(C)(C)C)c2)C(=O)C3)cc1. The van der Waals surface area contributed by atoms with Gasteiger partial charge in [-0.25, -0.2) is 9.78 Å². The number of hydrogen-bond acceptors (Lipinski definition) is 8. The molecular formula is C26H29N5O5. The third kappa shape index (κ3) is 6.28. The summed E-state index contributed by atoms with van der Waals surface area (Å²) in [7, 11) is 1.62. The minimum atomic E-state index is -0.622. The van der Waals surface area contributed by atoms with Crippen LogP contribution in [0.5, 0.6) is 5.75 Å². The third-order valence-corrected chi connectivity index (χ3v) is 5.06. The second-order valence-corrected chi connectivity index (χ2v) is 9.12. The quantitative estimate of drug-likeness (QED) is 0.431. The molecular weight excluding hydrogens is 462 g/mol. The number of nitrogens with zero attached hydrogens (tertiary/aromatic N) is 3. The Labute approximate surface area is 209 Å². The largest absolute Gasteiger partial charge is 0.491 e. The molecule has 2 N–H and O–H groups in total. The van der Waals surface area contributed by atoms with Gasteiger partial charge in [0.05, 0.1) is 18.7 Å². The average Bonchev–Trinajstić information content (AvgIpc) is 3.14. The molecule has 1 aliphatic heterocycles. The molecule has 0 radical (unpaired) electrons. The third-order valence-electron chi connectivity index (χ3n) is 5.06. The summed E-state index contributed by atoms with van der Waals surface area (Å²) in [4.78, 5) is 35.5. The summed E-state index contributed by atoms with van der Waals surface area (Å²) in [5.41, 5.74) is 1.95. The van der Waals surface area contributed by atoms with Crippen molar-refractivity contribution >= 4 is 40.8 Å². The number of ether oxygens (including phenoxy) is 3. The fourth-order valence-corrected chi connectivity index (χ4v) is 3.55. The van der Waals surface area contributed by atoms with Crippen molar-refractivity contribution in [3.05, 3.63) is 60.3 Å². The summed E-state index contributed by atoms with van der Waals surface area (Å²) >= 11 is 0. The van der Waals surface area contributed by atoms with E-state index in [2.05, 4.69) is 20.6 Å². The summed E-state index contributed by atoms with van der Waals surface area (Å²) in [5, 5.41) is 5.86. The molecule has 188 valence electrons. The molecule has 36 heavy (non-hydrogen) atoms. The molecule has 3 aromatic rings. The molecule has 2 aromatic carbocycles. The van der Waals surface area contributed by atoms with E-state index in [0.29, 0.717) is 36.4 Å². The molecule has 4 rings (SSSR count). The van der Waals surface area contributed by atoms with Crippen molar-refractivity contribution in [2.45, 2.75) is 32.8 Å². The molecule has 10 heteroatoms. The first-order chi connectivity index (χ1) is 17.2. The van der Waals surface area contributed by atoms with Gasteiger partial charge in [-0.15, -0.1) is 0 Å². The molecule has 0 bridgehead atoms. The van der Waals surface area contributed by atoms with Crippen LogP contribution in [0.3, 0.4) is 0 Å². The first-order valence-corrected chi connectivity index (χ1v) is 11.5. The lowest BCUT2D eigenvalue weighted by atomic mass is 10.2. The number of nitrogens with one attached hydrogen (secondary N) is 2. The van der Waals surface area contributed by atoms with Gasteiger partial charge in [-0.05, 0) is 63.2 Å². The van der Waals surface area contributed by atoms with Gasteiger partial charge >= 0.3 is 6.09 Å². The van der Waals surface area contributed by atoms with E-state index in [4.69, 9.17) is 14.2 Å². The average molecular weight is 492 g/mol. The Bertz CT molecular complexity index is 1240. The second kappa shape index (κ2) is 10.6. The van der Waals surface area contributed by atoms with E-state index in [1.54, 1.807) is 58.3 Å². The van der Waals surface area contributed by atoms with Crippen LogP contribution in [0.1, 0.15) is 26.3 Å². The number of carbonyl (C=O) groups excluding carboxylic acids is 2. The zero-order chi connectivity index (χ0) is 25.7. The smallest absolute Gasteiger partial charge is 0.412 e. The van der Waals surface area contributed by atoms with Crippen molar-refractivity contribution in [1.82, 2.24) is 9.97 Å². The van der Waals surface area contributed by atoms with E-state index in [1.807, 2.05) is 24.3 Å². The van der Waals surface area contributed by atoms with Crippen LogP contribution in [-0.2, 0) is 20.7 Å². The maximum atomic E-state index is 12.9. The molecule has 0 atom stereocenters. The van der Waals surface area contributed by atoms with E-state index < -0.39 is 11.7 Å². The second-order valence-electron chi connectivity index (χ2n) is 9.12. The lowest BCUT2D eigenvalue weighted by Gasteiger charge is -2.21. The van der Waals surface area contributed by atoms with Crippen molar-refractivity contribution in [3.8, 4) is 5.75 Å². The fourth-order valence-electron chi connectivity index (χ4n) is 3.55. The predicted molar refractivity (Wildman–Crippen MR) is 136 cm³/mol. The highest BCUT2D eigenvalue weighted by Gasteiger charge is 2.31. The van der Waals surface area contributed by atoms with Crippen LogP contribution in [0, 0.1) is 0 Å². The van der Waals surface area contributed by atoms with Crippen LogP contribution in [-0.4, -0.2) is 47.9 Å². The molecule has 1 aromatic heterocycles. The number of amides is 2. The first kappa shape index (κ1) is 24.9. The molecule has 0 unspecified atom stereocenters. The van der Waals surface area contributed by atoms with E-state index >= 15 is 0 Å². The molecule has 0 spiro atoms. The van der Waals surface area contributed by atoms with Gasteiger partial charge in [-0.1, -0.05) is 6.07 Å². The number of benzene rings is 2. The van der Waals surface area contributed by atoms with Crippen molar-refractivity contribution in [2.75, 3.05) is 35.9 Å². The van der Waals surface area contributed by atoms with Gasteiger partial charge in [0, 0.05) is 30.2 Å². The van der Waals surface area contributed by atoms with Crippen molar-refractivity contribution in [1.29, 1.82) is 0 Å². The van der Waals surface area contributed by atoms with Crippen LogP contribution in [0.4, 0.5) is 33.6 Å². The van der Waals surface area contributed by atoms with Gasteiger partial charge in [0.25, 0.3) is 0 Å². The number of hydrogen-bond donors (Lipinski definition) is 2. The minimum absolute atomic E-state index is 0.136. The predicted octanol–water partition coefficient (Wildman–Crippen LogP) is 4.81. The zero-order valence-electron chi connectivity index (χ0n) is 20.7. The topological polar surface area (TPSA) is 115 Å². The van der Waals surface area contributed by atoms with Gasteiger partial charge < -0.3 is 19.5 Å². The Kier molecular flexibility index (Phi) is 7.35. The minimum Gasteiger partial charge on any atom is -0.491 e. The Morgan fingerprint density at radius 2 is 1.86 bits per heavy atom. The first-order valence-electron chi connectivity index (χ1n) is 11.5. The molecule has 2 amide bonds. The van der Waals surface area contributed by atoms with Gasteiger partial charge in [0.2, 0.25) is 11.9 Å². The number of fused-ring (bicyclic) bond motifs is 1. The monoisotopic (exact) mass is 491 g/mol. The molecule has 0 saturated heterocycles. The highest BCUT2D eigenvalue weighted by Crippen LogP contribution is 2.35. The Morgan fingerprint density at radius 1 is 1.08 bits per heavy atom. The maximum absolute atomic E-state index is 12.9. The van der Waals surface area contributed by atoms with Crippen LogP contribution in [0.15, 0.2) is 54.7 Å². The standard InChI is InChI=1S/C26H29N5O5/c1-26(2,3)36-25(33)29-19-6-5-7-20(15-19)31-22(32)14-17-16-27-24(30-23(17)31)28-18-8-10-21(11-9-18)35-13-12-34-4/h5-11,15-16H,12-14H2,1-4H3,(H,29,33)(H,27,28,30). The summed E-state index contributed by atoms with van der Waals surface area (Å²) in [6, 6.07) is 14.4. The maximum Gasteiger partial charge on any atom is 0.412 e. The number of rotatable bonds is 8. The lowest BCUT2D eigenvalue weighted by molar-refractivity contribution is -0.116. The molecule has 0 fully saturated rings. The molecule has 1 aliphatic rings. The Balaban J connectivity index is 1.50. The highest BCUT2D eigenvalue weighted by molar-refractivity contribution is 6.06. The zero-order valence-corrected chi connectivity index (χ0v) is 20.7. The van der Waals surface area contributed by atoms with E-state index in [0.717, 1.165) is 17.0 Å². The molecule has 2 heterocycles. The van der Waals surface area contributed by atoms with Gasteiger partial charge in [-0.2, -0.15) is 4.98 Å². The van der Waals surface area contributed by atoms with Crippen molar-refractivity contribution < 1.29 is 23.8 Å². The normalized spacial score (nSPS) is 12.8.